The fourth-order valence-corrected chi connectivity index (χ4v) is 3.09. The average Bonchev–Trinajstić information content (AvgIpc) is 2.72. The predicted octanol–water partition coefficient (Wildman–Crippen LogP) is 5.26. The highest BCUT2D eigenvalue weighted by atomic mass is 16.2. The lowest BCUT2D eigenvalue weighted by Crippen LogP contribution is -2.34. The third-order valence-corrected chi connectivity index (χ3v) is 4.93. The maximum absolute atomic E-state index is 11.8. The largest absolute Gasteiger partial charge is 0.347 e. The quantitative estimate of drug-likeness (QED) is 0.225. The van der Waals surface area contributed by atoms with E-state index in [9.17, 15) is 9.59 Å². The Kier molecular flexibility index (Phi) is 14.4. The molecule has 0 spiro atoms. The molecule has 0 aliphatic carbocycles. The Balaban J connectivity index is 1.95. The van der Waals surface area contributed by atoms with Gasteiger partial charge in [0.05, 0.1) is 12.8 Å². The number of hydrazone groups is 1. The van der Waals surface area contributed by atoms with Crippen LogP contribution in [0.3, 0.4) is 0 Å². The number of aryl methyl sites for hydroxylation is 1. The Morgan fingerprint density at radius 3 is 1.97 bits per heavy atom. The van der Waals surface area contributed by atoms with E-state index in [0.29, 0.717) is 6.42 Å². The van der Waals surface area contributed by atoms with Crippen molar-refractivity contribution >= 4 is 18.0 Å². The van der Waals surface area contributed by atoms with Gasteiger partial charge in [-0.2, -0.15) is 5.10 Å². The molecule has 29 heavy (non-hydrogen) atoms. The van der Waals surface area contributed by atoms with E-state index in [1.54, 1.807) is 6.21 Å². The highest BCUT2D eigenvalue weighted by Crippen LogP contribution is 2.11. The second-order valence-corrected chi connectivity index (χ2v) is 7.77. The second-order valence-electron chi connectivity index (χ2n) is 7.77. The van der Waals surface area contributed by atoms with E-state index in [-0.39, 0.29) is 18.4 Å². The van der Waals surface area contributed by atoms with Crippen LogP contribution in [0.15, 0.2) is 29.4 Å². The van der Waals surface area contributed by atoms with Crippen molar-refractivity contribution in [2.24, 2.45) is 5.10 Å². The van der Waals surface area contributed by atoms with Crippen molar-refractivity contribution < 1.29 is 9.59 Å². The lowest BCUT2D eigenvalue weighted by Gasteiger charge is -2.05. The maximum Gasteiger partial charge on any atom is 0.259 e. The van der Waals surface area contributed by atoms with Crippen LogP contribution in [0, 0.1) is 6.92 Å². The van der Waals surface area contributed by atoms with Crippen molar-refractivity contribution in [2.45, 2.75) is 90.9 Å². The molecule has 0 aliphatic rings. The van der Waals surface area contributed by atoms with E-state index in [4.69, 9.17) is 0 Å². The molecule has 0 heterocycles. The lowest BCUT2D eigenvalue weighted by atomic mass is 10.1. The first-order valence-electron chi connectivity index (χ1n) is 11.3. The summed E-state index contributed by atoms with van der Waals surface area (Å²) in [6, 6.07) is 7.83. The number of unbranched alkanes of at least 4 members (excludes halogenated alkanes) is 10. The number of hydrogen-bond acceptors (Lipinski definition) is 3. The first-order valence-corrected chi connectivity index (χ1v) is 11.3. The van der Waals surface area contributed by atoms with E-state index in [2.05, 4.69) is 22.8 Å². The van der Waals surface area contributed by atoms with Gasteiger partial charge in [0.1, 0.15) is 0 Å². The number of hydrogen-bond donors (Lipinski definition) is 2. The summed E-state index contributed by atoms with van der Waals surface area (Å²) in [7, 11) is 0. The van der Waals surface area contributed by atoms with Crippen molar-refractivity contribution in [3.63, 3.8) is 0 Å². The zero-order valence-corrected chi connectivity index (χ0v) is 18.3. The number of carbonyl (C=O) groups excluding carboxylic acids is 2. The van der Waals surface area contributed by atoms with Gasteiger partial charge >= 0.3 is 0 Å². The Labute approximate surface area is 176 Å². The molecule has 0 atom stereocenters. The van der Waals surface area contributed by atoms with Gasteiger partial charge in [-0.3, -0.25) is 9.59 Å². The molecule has 0 fully saturated rings. The van der Waals surface area contributed by atoms with Crippen LogP contribution in [-0.4, -0.2) is 24.6 Å². The fourth-order valence-electron chi connectivity index (χ4n) is 3.09. The van der Waals surface area contributed by atoms with Crippen molar-refractivity contribution in [1.82, 2.24) is 10.7 Å². The van der Waals surface area contributed by atoms with Gasteiger partial charge in [-0.25, -0.2) is 5.43 Å². The van der Waals surface area contributed by atoms with Gasteiger partial charge < -0.3 is 5.32 Å². The molecule has 5 nitrogen and oxygen atoms in total. The number of rotatable bonds is 16. The van der Waals surface area contributed by atoms with Gasteiger partial charge in [0.2, 0.25) is 5.91 Å². The summed E-state index contributed by atoms with van der Waals surface area (Å²) in [5, 5.41) is 6.55. The molecule has 1 rings (SSSR count). The highest BCUT2D eigenvalue weighted by molar-refractivity contribution is 5.86. The number of nitrogens with one attached hydrogen (secondary N) is 2. The molecule has 162 valence electrons. The lowest BCUT2D eigenvalue weighted by molar-refractivity contribution is -0.126. The molecule has 0 saturated heterocycles. The van der Waals surface area contributed by atoms with Crippen molar-refractivity contribution in [2.75, 3.05) is 6.54 Å². The van der Waals surface area contributed by atoms with Crippen molar-refractivity contribution in [3.8, 4) is 0 Å². The summed E-state index contributed by atoms with van der Waals surface area (Å²) >= 11 is 0. The van der Waals surface area contributed by atoms with Gasteiger partial charge in [-0.1, -0.05) is 101 Å². The minimum absolute atomic E-state index is 0.0396. The van der Waals surface area contributed by atoms with Crippen molar-refractivity contribution in [1.29, 1.82) is 0 Å². The summed E-state index contributed by atoms with van der Waals surface area (Å²) in [4.78, 5) is 23.5. The monoisotopic (exact) mass is 401 g/mol. The molecule has 2 N–H and O–H groups in total. The summed E-state index contributed by atoms with van der Waals surface area (Å²) in [6.07, 6.45) is 15.9. The number of nitrogens with zero attached hydrogens (tertiary/aromatic N) is 1. The Bertz CT molecular complexity index is 597. The standard InChI is InChI=1S/C24H39N3O2/c1-3-4-5-6-7-8-9-10-11-12-13-14-23(28)25-20-24(29)27-26-19-22-17-15-21(2)16-18-22/h15-19H,3-14,20H2,1-2H3,(H,25,28)(H,27,29)/b26-19+. The summed E-state index contributed by atoms with van der Waals surface area (Å²) in [6.45, 7) is 4.22. The second kappa shape index (κ2) is 16.8. The van der Waals surface area contributed by atoms with E-state index in [1.807, 2.05) is 31.2 Å². The van der Waals surface area contributed by atoms with Gasteiger partial charge in [-0.05, 0) is 18.9 Å². The molecular weight excluding hydrogens is 362 g/mol. The van der Waals surface area contributed by atoms with Gasteiger partial charge in [0.15, 0.2) is 0 Å². The molecule has 0 unspecified atom stereocenters. The minimum Gasteiger partial charge on any atom is -0.347 e. The first-order chi connectivity index (χ1) is 14.1. The van der Waals surface area contributed by atoms with Crippen LogP contribution < -0.4 is 10.7 Å². The summed E-state index contributed by atoms with van der Waals surface area (Å²) in [5.41, 5.74) is 4.51. The van der Waals surface area contributed by atoms with Gasteiger partial charge in [0, 0.05) is 6.42 Å². The molecule has 0 saturated carbocycles. The van der Waals surface area contributed by atoms with Crippen LogP contribution in [0.5, 0.6) is 0 Å². The number of carbonyl (C=O) groups is 2. The zero-order chi connectivity index (χ0) is 21.2. The van der Waals surface area contributed by atoms with Crippen LogP contribution in [0.4, 0.5) is 0 Å². The fraction of sp³-hybridized carbons (Fsp3) is 0.625. The molecule has 5 heteroatoms. The van der Waals surface area contributed by atoms with E-state index in [0.717, 1.165) is 18.4 Å². The topological polar surface area (TPSA) is 70.6 Å². The van der Waals surface area contributed by atoms with E-state index >= 15 is 0 Å². The maximum atomic E-state index is 11.8. The molecule has 2 amide bonds. The van der Waals surface area contributed by atoms with E-state index in [1.165, 1.54) is 63.4 Å². The molecule has 0 aliphatic heterocycles. The molecule has 0 bridgehead atoms. The van der Waals surface area contributed by atoms with Crippen LogP contribution in [0.25, 0.3) is 0 Å². The molecule has 1 aromatic carbocycles. The number of amides is 2. The normalized spacial score (nSPS) is 11.0. The molecule has 0 radical (unpaired) electrons. The minimum atomic E-state index is -0.319. The van der Waals surface area contributed by atoms with Crippen molar-refractivity contribution in [3.05, 3.63) is 35.4 Å². The molecule has 1 aromatic rings. The summed E-state index contributed by atoms with van der Waals surface area (Å²) < 4.78 is 0. The predicted molar refractivity (Wildman–Crippen MR) is 121 cm³/mol. The first kappa shape index (κ1) is 24.9. The molecular formula is C24H39N3O2. The number of benzene rings is 1. The van der Waals surface area contributed by atoms with Crippen LogP contribution >= 0.6 is 0 Å². The zero-order valence-electron chi connectivity index (χ0n) is 18.3. The van der Waals surface area contributed by atoms with Gasteiger partial charge in [-0.15, -0.1) is 0 Å². The highest BCUT2D eigenvalue weighted by Gasteiger charge is 2.04. The Hall–Kier alpha value is -2.17. The summed E-state index contributed by atoms with van der Waals surface area (Å²) in [5.74, 6) is -0.390. The van der Waals surface area contributed by atoms with Gasteiger partial charge in [0.25, 0.3) is 5.91 Å². The van der Waals surface area contributed by atoms with Crippen LogP contribution in [-0.2, 0) is 9.59 Å². The molecule has 0 aromatic heterocycles. The smallest absolute Gasteiger partial charge is 0.259 e. The Morgan fingerprint density at radius 2 is 1.38 bits per heavy atom. The third kappa shape index (κ3) is 14.5. The Morgan fingerprint density at radius 1 is 0.828 bits per heavy atom. The van der Waals surface area contributed by atoms with Crippen LogP contribution in [0.2, 0.25) is 0 Å². The van der Waals surface area contributed by atoms with E-state index < -0.39 is 0 Å². The SMILES string of the molecule is CCCCCCCCCCCCCC(=O)NCC(=O)N/N=C/c1ccc(C)cc1. The average molecular weight is 402 g/mol. The van der Waals surface area contributed by atoms with Crippen LogP contribution in [0.1, 0.15) is 95.1 Å². The third-order valence-electron chi connectivity index (χ3n) is 4.93.